The third-order valence-electron chi connectivity index (χ3n) is 7.62. The van der Waals surface area contributed by atoms with E-state index in [4.69, 9.17) is 17.4 Å². The van der Waals surface area contributed by atoms with Crippen molar-refractivity contribution in [2.24, 2.45) is 7.05 Å². The molecule has 0 radical (unpaired) electrons. The predicted molar refractivity (Wildman–Crippen MR) is 158 cm³/mol. The zero-order valence-electron chi connectivity index (χ0n) is 23.0. The molecule has 1 aliphatic heterocycles. The maximum atomic E-state index is 13.2. The molecule has 1 aromatic carbocycles. The molecule has 218 valence electrons. The van der Waals surface area contributed by atoms with Crippen LogP contribution in [0.3, 0.4) is 0 Å². The van der Waals surface area contributed by atoms with Crippen LogP contribution in [-0.4, -0.2) is 61.2 Å². The number of aryl methyl sites for hydroxylation is 1. The van der Waals surface area contributed by atoms with E-state index in [1.807, 2.05) is 30.3 Å². The number of anilines is 1. The van der Waals surface area contributed by atoms with Gasteiger partial charge in [0.1, 0.15) is 23.7 Å². The lowest BCUT2D eigenvalue weighted by Gasteiger charge is -2.28. The summed E-state index contributed by atoms with van der Waals surface area (Å²) < 4.78 is 6.02. The van der Waals surface area contributed by atoms with Gasteiger partial charge in [-0.2, -0.15) is 12.6 Å². The van der Waals surface area contributed by atoms with E-state index < -0.39 is 16.9 Å². The van der Waals surface area contributed by atoms with Crippen LogP contribution >= 0.6 is 24.0 Å². The fourth-order valence-electron chi connectivity index (χ4n) is 5.47. The van der Waals surface area contributed by atoms with Gasteiger partial charge < -0.3 is 19.9 Å². The first-order valence-corrected chi connectivity index (χ1v) is 15.3. The number of benzene rings is 1. The Labute approximate surface area is 248 Å². The number of hydrogen-bond donors (Lipinski definition) is 3. The molecule has 11 nitrogen and oxygen atoms in total. The molecule has 2 aliphatic rings. The van der Waals surface area contributed by atoms with Gasteiger partial charge in [0.2, 0.25) is 11.8 Å². The molecule has 0 spiro atoms. The van der Waals surface area contributed by atoms with E-state index >= 15 is 0 Å². The maximum Gasteiger partial charge on any atom is 0.410 e. The summed E-state index contributed by atoms with van der Waals surface area (Å²) in [5, 5.41) is 16.4. The molecule has 1 saturated carbocycles. The van der Waals surface area contributed by atoms with Crippen molar-refractivity contribution in [3.63, 3.8) is 0 Å². The molecule has 2 fully saturated rings. The van der Waals surface area contributed by atoms with Crippen LogP contribution in [0.1, 0.15) is 68.4 Å². The second kappa shape index (κ2) is 13.0. The standard InChI is InChI=1S/C28H35N7O4S2/c1-34-18-29-33-25(34)28(40,15-23(36)30-20-11-6-3-7-12-20)22-17-41-26(31-22)32-24(37)21-13-8-14-35(21)27(38)39-16-19-9-4-2-5-10-19/h2,4-5,9-10,17-18,20-21,40H,3,6-8,11-16H2,1H3,(H,30,36)(H,31,32,37). The number of thiazole rings is 1. The Morgan fingerprint density at radius 3 is 2.63 bits per heavy atom. The Hall–Kier alpha value is -3.45. The Bertz CT molecular complexity index is 1360. The summed E-state index contributed by atoms with van der Waals surface area (Å²) in [6.07, 6.45) is 7.64. The van der Waals surface area contributed by atoms with Crippen LogP contribution in [0.15, 0.2) is 42.0 Å². The second-order valence-electron chi connectivity index (χ2n) is 10.6. The maximum absolute atomic E-state index is 13.2. The molecule has 2 aromatic heterocycles. The summed E-state index contributed by atoms with van der Waals surface area (Å²) in [5.74, 6) is 0.00792. The minimum Gasteiger partial charge on any atom is -0.445 e. The lowest BCUT2D eigenvalue weighted by Crippen LogP contribution is -2.43. The second-order valence-corrected chi connectivity index (χ2v) is 12.2. The molecule has 1 saturated heterocycles. The van der Waals surface area contributed by atoms with E-state index in [1.54, 1.807) is 23.3 Å². The summed E-state index contributed by atoms with van der Waals surface area (Å²) in [6.45, 7) is 0.581. The minimum atomic E-state index is -1.16. The van der Waals surface area contributed by atoms with Gasteiger partial charge in [-0.05, 0) is 31.2 Å². The fraction of sp³-hybridized carbons (Fsp3) is 0.500. The average molecular weight is 598 g/mol. The first-order valence-electron chi connectivity index (χ1n) is 13.9. The van der Waals surface area contributed by atoms with Gasteiger partial charge in [0.05, 0.1) is 12.1 Å². The Morgan fingerprint density at radius 1 is 1.12 bits per heavy atom. The molecule has 1 aliphatic carbocycles. The molecule has 13 heteroatoms. The molecule has 2 unspecified atom stereocenters. The molecule has 3 amide bonds. The van der Waals surface area contributed by atoms with E-state index in [1.165, 1.54) is 22.7 Å². The van der Waals surface area contributed by atoms with E-state index in [2.05, 4.69) is 25.8 Å². The lowest BCUT2D eigenvalue weighted by molar-refractivity contribution is -0.122. The number of likely N-dealkylation sites (tertiary alicyclic amines) is 1. The van der Waals surface area contributed by atoms with Crippen LogP contribution in [0.25, 0.3) is 0 Å². The fourth-order valence-corrected chi connectivity index (χ4v) is 6.81. The quantitative estimate of drug-likeness (QED) is 0.318. The van der Waals surface area contributed by atoms with E-state index in [-0.39, 0.29) is 30.9 Å². The highest BCUT2D eigenvalue weighted by Crippen LogP contribution is 2.40. The van der Waals surface area contributed by atoms with E-state index in [9.17, 15) is 14.4 Å². The van der Waals surface area contributed by atoms with Crippen molar-refractivity contribution < 1.29 is 19.1 Å². The highest BCUT2D eigenvalue weighted by molar-refractivity contribution is 7.81. The summed E-state index contributed by atoms with van der Waals surface area (Å²) in [7, 11) is 1.79. The van der Waals surface area contributed by atoms with Gasteiger partial charge in [0.15, 0.2) is 11.0 Å². The number of ether oxygens (including phenoxy) is 1. The molecule has 3 aromatic rings. The zero-order chi connectivity index (χ0) is 28.8. The van der Waals surface area contributed by atoms with Crippen LogP contribution in [0, 0.1) is 0 Å². The van der Waals surface area contributed by atoms with E-state index in [0.29, 0.717) is 36.0 Å². The number of thiol groups is 1. The number of rotatable bonds is 9. The van der Waals surface area contributed by atoms with Crippen molar-refractivity contribution in [3.05, 3.63) is 59.1 Å². The predicted octanol–water partition coefficient (Wildman–Crippen LogP) is 4.02. The zero-order valence-corrected chi connectivity index (χ0v) is 24.7. The molecular formula is C28H35N7O4S2. The van der Waals surface area contributed by atoms with Crippen molar-refractivity contribution in [2.75, 3.05) is 11.9 Å². The van der Waals surface area contributed by atoms with Crippen LogP contribution in [0.4, 0.5) is 9.93 Å². The highest BCUT2D eigenvalue weighted by atomic mass is 32.1. The third-order valence-corrected chi connectivity index (χ3v) is 8.97. The molecule has 5 rings (SSSR count). The van der Waals surface area contributed by atoms with Gasteiger partial charge in [-0.25, -0.2) is 9.78 Å². The Morgan fingerprint density at radius 2 is 1.90 bits per heavy atom. The number of nitrogens with zero attached hydrogens (tertiary/aromatic N) is 5. The van der Waals surface area contributed by atoms with Gasteiger partial charge in [-0.15, -0.1) is 21.5 Å². The van der Waals surface area contributed by atoms with Crippen molar-refractivity contribution in [1.29, 1.82) is 0 Å². The molecular weight excluding hydrogens is 562 g/mol. The summed E-state index contributed by atoms with van der Waals surface area (Å²) in [4.78, 5) is 45.3. The van der Waals surface area contributed by atoms with Crippen molar-refractivity contribution in [3.8, 4) is 0 Å². The van der Waals surface area contributed by atoms with Gasteiger partial charge in [0.25, 0.3) is 0 Å². The SMILES string of the molecule is Cn1cnnc1C(S)(CC(=O)NC1CCCCC1)c1csc(NC(=O)C2CCCN2C(=O)OCc2ccccc2)n1. The third kappa shape index (κ3) is 6.89. The largest absolute Gasteiger partial charge is 0.445 e. The monoisotopic (exact) mass is 597 g/mol. The van der Waals surface area contributed by atoms with Gasteiger partial charge in [-0.1, -0.05) is 49.6 Å². The summed E-state index contributed by atoms with van der Waals surface area (Å²) in [6, 6.07) is 8.91. The molecule has 3 heterocycles. The van der Waals surface area contributed by atoms with Crippen LogP contribution in [0.2, 0.25) is 0 Å². The lowest BCUT2D eigenvalue weighted by atomic mass is 9.94. The smallest absolute Gasteiger partial charge is 0.410 e. The highest BCUT2D eigenvalue weighted by Gasteiger charge is 2.41. The number of carbonyl (C=O) groups is 3. The first-order chi connectivity index (χ1) is 19.8. The summed E-state index contributed by atoms with van der Waals surface area (Å²) >= 11 is 6.19. The van der Waals surface area contributed by atoms with Crippen molar-refractivity contribution in [1.82, 2.24) is 30.0 Å². The molecule has 2 atom stereocenters. The van der Waals surface area contributed by atoms with Crippen molar-refractivity contribution in [2.45, 2.75) is 74.8 Å². The van der Waals surface area contributed by atoms with Gasteiger partial charge in [0, 0.05) is 25.0 Å². The number of aromatic nitrogens is 4. The number of carbonyl (C=O) groups excluding carboxylic acids is 3. The number of hydrogen-bond acceptors (Lipinski definition) is 9. The molecule has 0 bridgehead atoms. The van der Waals surface area contributed by atoms with E-state index in [0.717, 1.165) is 31.2 Å². The molecule has 41 heavy (non-hydrogen) atoms. The molecule has 2 N–H and O–H groups in total. The minimum absolute atomic E-state index is 0.0138. The van der Waals surface area contributed by atoms with Gasteiger partial charge in [-0.3, -0.25) is 14.5 Å². The van der Waals surface area contributed by atoms with Crippen molar-refractivity contribution >= 4 is 47.0 Å². The van der Waals surface area contributed by atoms with Crippen LogP contribution in [-0.2, 0) is 32.7 Å². The number of nitrogens with one attached hydrogen (secondary N) is 2. The average Bonchev–Trinajstić information content (AvgIpc) is 3.74. The normalized spacial score (nSPS) is 19.0. The summed E-state index contributed by atoms with van der Waals surface area (Å²) in [5.41, 5.74) is 1.36. The van der Waals surface area contributed by atoms with Gasteiger partial charge >= 0.3 is 6.09 Å². The topological polar surface area (TPSA) is 131 Å². The number of amides is 3. The Kier molecular flexibility index (Phi) is 9.23. The Balaban J connectivity index is 1.26. The first kappa shape index (κ1) is 29.1. The van der Waals surface area contributed by atoms with Crippen LogP contribution < -0.4 is 10.6 Å². The van der Waals surface area contributed by atoms with Crippen LogP contribution in [0.5, 0.6) is 0 Å².